The van der Waals surface area contributed by atoms with Crippen molar-refractivity contribution in [2.45, 2.75) is 46.1 Å². The number of benzene rings is 1. The highest BCUT2D eigenvalue weighted by Crippen LogP contribution is 2.28. The lowest BCUT2D eigenvalue weighted by Crippen LogP contribution is -2.29. The van der Waals surface area contributed by atoms with E-state index in [9.17, 15) is 0 Å². The van der Waals surface area contributed by atoms with Crippen LogP contribution in [0.15, 0.2) is 24.3 Å². The first-order chi connectivity index (χ1) is 9.29. The molecule has 1 aromatic carbocycles. The average molecular weight is 261 g/mol. The molecule has 0 amide bonds. The van der Waals surface area contributed by atoms with Crippen LogP contribution >= 0.6 is 0 Å². The van der Waals surface area contributed by atoms with Crippen LogP contribution in [0, 0.1) is 11.8 Å². The van der Waals surface area contributed by atoms with Crippen molar-refractivity contribution >= 4 is 0 Å². The maximum atomic E-state index is 5.53. The molecule has 106 valence electrons. The van der Waals surface area contributed by atoms with E-state index in [1.807, 2.05) is 13.0 Å². The van der Waals surface area contributed by atoms with Crippen LogP contribution in [-0.4, -0.2) is 13.2 Å². The maximum absolute atomic E-state index is 5.53. The molecule has 0 heterocycles. The second-order valence-corrected chi connectivity index (χ2v) is 5.73. The SMILES string of the molecule is CCOc1cccc(CNCC2CCCCC2C)c1. The summed E-state index contributed by atoms with van der Waals surface area (Å²) in [7, 11) is 0. The molecule has 1 N–H and O–H groups in total. The Morgan fingerprint density at radius 3 is 2.89 bits per heavy atom. The molecule has 0 spiro atoms. The predicted molar refractivity (Wildman–Crippen MR) is 80.4 cm³/mol. The fourth-order valence-corrected chi connectivity index (χ4v) is 3.01. The highest BCUT2D eigenvalue weighted by molar-refractivity contribution is 5.28. The molecule has 1 saturated carbocycles. The summed E-state index contributed by atoms with van der Waals surface area (Å²) in [5, 5.41) is 3.62. The third-order valence-corrected chi connectivity index (χ3v) is 4.23. The van der Waals surface area contributed by atoms with E-state index < -0.39 is 0 Å². The van der Waals surface area contributed by atoms with E-state index in [-0.39, 0.29) is 0 Å². The summed E-state index contributed by atoms with van der Waals surface area (Å²) in [5.74, 6) is 2.73. The van der Waals surface area contributed by atoms with Crippen LogP contribution in [0.2, 0.25) is 0 Å². The number of ether oxygens (including phenoxy) is 1. The Morgan fingerprint density at radius 2 is 2.11 bits per heavy atom. The predicted octanol–water partition coefficient (Wildman–Crippen LogP) is 4.00. The first-order valence-corrected chi connectivity index (χ1v) is 7.72. The van der Waals surface area contributed by atoms with Crippen molar-refractivity contribution in [1.29, 1.82) is 0 Å². The summed E-state index contributed by atoms with van der Waals surface area (Å²) >= 11 is 0. The van der Waals surface area contributed by atoms with Crippen LogP contribution in [0.4, 0.5) is 0 Å². The molecule has 0 aliphatic heterocycles. The van der Waals surface area contributed by atoms with Crippen molar-refractivity contribution in [3.63, 3.8) is 0 Å². The van der Waals surface area contributed by atoms with Gasteiger partial charge < -0.3 is 10.1 Å². The summed E-state index contributed by atoms with van der Waals surface area (Å²) in [5.41, 5.74) is 1.31. The zero-order chi connectivity index (χ0) is 13.5. The Kier molecular flexibility index (Phi) is 5.71. The average Bonchev–Trinajstić information content (AvgIpc) is 2.42. The van der Waals surface area contributed by atoms with Gasteiger partial charge in [0.2, 0.25) is 0 Å². The van der Waals surface area contributed by atoms with Crippen molar-refractivity contribution in [3.8, 4) is 5.75 Å². The van der Waals surface area contributed by atoms with E-state index >= 15 is 0 Å². The van der Waals surface area contributed by atoms with Gasteiger partial charge in [-0.15, -0.1) is 0 Å². The monoisotopic (exact) mass is 261 g/mol. The zero-order valence-corrected chi connectivity index (χ0v) is 12.3. The van der Waals surface area contributed by atoms with Gasteiger partial charge in [-0.2, -0.15) is 0 Å². The molecule has 0 saturated heterocycles. The van der Waals surface area contributed by atoms with Crippen LogP contribution in [0.1, 0.15) is 45.1 Å². The highest BCUT2D eigenvalue weighted by atomic mass is 16.5. The Hall–Kier alpha value is -1.02. The molecule has 2 unspecified atom stereocenters. The minimum atomic E-state index is 0.733. The molecule has 0 bridgehead atoms. The third kappa shape index (κ3) is 4.54. The van der Waals surface area contributed by atoms with E-state index in [1.54, 1.807) is 0 Å². The zero-order valence-electron chi connectivity index (χ0n) is 12.3. The van der Waals surface area contributed by atoms with Gasteiger partial charge in [-0.25, -0.2) is 0 Å². The lowest BCUT2D eigenvalue weighted by Gasteiger charge is -2.28. The quantitative estimate of drug-likeness (QED) is 0.835. The van der Waals surface area contributed by atoms with Crippen molar-refractivity contribution in [1.82, 2.24) is 5.32 Å². The molecule has 19 heavy (non-hydrogen) atoms. The molecule has 0 aromatic heterocycles. The van der Waals surface area contributed by atoms with Gasteiger partial charge in [0, 0.05) is 6.54 Å². The summed E-state index contributed by atoms with van der Waals surface area (Å²) in [6.07, 6.45) is 5.64. The summed E-state index contributed by atoms with van der Waals surface area (Å²) in [4.78, 5) is 0. The molecule has 1 aliphatic rings. The molecular formula is C17H27NO. The second kappa shape index (κ2) is 7.54. The topological polar surface area (TPSA) is 21.3 Å². The van der Waals surface area contributed by atoms with Crippen LogP contribution in [-0.2, 0) is 6.54 Å². The van der Waals surface area contributed by atoms with Crippen LogP contribution in [0.25, 0.3) is 0 Å². The van der Waals surface area contributed by atoms with Crippen LogP contribution in [0.5, 0.6) is 5.75 Å². The molecule has 0 radical (unpaired) electrons. The lowest BCUT2D eigenvalue weighted by atomic mass is 9.80. The fraction of sp³-hybridized carbons (Fsp3) is 0.647. The van der Waals surface area contributed by atoms with Gasteiger partial charge in [0.1, 0.15) is 5.75 Å². The van der Waals surface area contributed by atoms with Crippen molar-refractivity contribution in [2.75, 3.05) is 13.2 Å². The maximum Gasteiger partial charge on any atom is 0.119 e. The van der Waals surface area contributed by atoms with Crippen LogP contribution in [0.3, 0.4) is 0 Å². The van der Waals surface area contributed by atoms with Crippen LogP contribution < -0.4 is 10.1 Å². The molecule has 1 fully saturated rings. The molecular weight excluding hydrogens is 234 g/mol. The summed E-state index contributed by atoms with van der Waals surface area (Å²) < 4.78 is 5.53. The van der Waals surface area contributed by atoms with E-state index in [4.69, 9.17) is 4.74 Å². The standard InChI is InChI=1S/C17H27NO/c1-3-19-17-10-6-8-15(11-17)12-18-13-16-9-5-4-7-14(16)2/h6,8,10-11,14,16,18H,3-5,7,9,12-13H2,1-2H3. The van der Waals surface area contributed by atoms with E-state index in [0.29, 0.717) is 0 Å². The van der Waals surface area contributed by atoms with Gasteiger partial charge in [0.05, 0.1) is 6.61 Å². The Morgan fingerprint density at radius 1 is 1.26 bits per heavy atom. The normalized spacial score (nSPS) is 23.3. The lowest BCUT2D eigenvalue weighted by molar-refractivity contribution is 0.247. The van der Waals surface area contributed by atoms with Gasteiger partial charge in [-0.05, 0) is 49.4 Å². The first kappa shape index (κ1) is 14.4. The van der Waals surface area contributed by atoms with Crippen molar-refractivity contribution in [3.05, 3.63) is 29.8 Å². The van der Waals surface area contributed by atoms with E-state index in [0.717, 1.165) is 37.3 Å². The van der Waals surface area contributed by atoms with Gasteiger partial charge in [0.25, 0.3) is 0 Å². The molecule has 2 rings (SSSR count). The minimum Gasteiger partial charge on any atom is -0.494 e. The molecule has 2 heteroatoms. The molecule has 2 atom stereocenters. The highest BCUT2D eigenvalue weighted by Gasteiger charge is 2.20. The number of hydrogen-bond donors (Lipinski definition) is 1. The molecule has 1 aromatic rings. The van der Waals surface area contributed by atoms with Crippen molar-refractivity contribution in [2.24, 2.45) is 11.8 Å². The number of nitrogens with one attached hydrogen (secondary N) is 1. The minimum absolute atomic E-state index is 0.733. The Bertz CT molecular complexity index is 377. The number of hydrogen-bond acceptors (Lipinski definition) is 2. The number of rotatable bonds is 6. The van der Waals surface area contributed by atoms with E-state index in [1.165, 1.54) is 31.2 Å². The summed E-state index contributed by atoms with van der Waals surface area (Å²) in [6.45, 7) is 7.26. The summed E-state index contributed by atoms with van der Waals surface area (Å²) in [6, 6.07) is 8.40. The van der Waals surface area contributed by atoms with Gasteiger partial charge in [0.15, 0.2) is 0 Å². The van der Waals surface area contributed by atoms with Gasteiger partial charge >= 0.3 is 0 Å². The van der Waals surface area contributed by atoms with Gasteiger partial charge in [-0.3, -0.25) is 0 Å². The largest absolute Gasteiger partial charge is 0.494 e. The first-order valence-electron chi connectivity index (χ1n) is 7.72. The smallest absolute Gasteiger partial charge is 0.119 e. The molecule has 1 aliphatic carbocycles. The van der Waals surface area contributed by atoms with Gasteiger partial charge in [-0.1, -0.05) is 38.3 Å². The molecule has 2 nitrogen and oxygen atoms in total. The fourth-order valence-electron chi connectivity index (χ4n) is 3.01. The van der Waals surface area contributed by atoms with Crippen molar-refractivity contribution < 1.29 is 4.74 Å². The third-order valence-electron chi connectivity index (χ3n) is 4.23. The van der Waals surface area contributed by atoms with E-state index in [2.05, 4.69) is 30.4 Å². The Labute approximate surface area is 117 Å². The Balaban J connectivity index is 1.77. The second-order valence-electron chi connectivity index (χ2n) is 5.73.